The van der Waals surface area contributed by atoms with Crippen molar-refractivity contribution in [2.24, 2.45) is 0 Å². The highest BCUT2D eigenvalue weighted by Crippen LogP contribution is 2.14. The molecule has 0 heterocycles. The molecule has 0 saturated heterocycles. The van der Waals surface area contributed by atoms with E-state index < -0.39 is 25.4 Å². The molecule has 0 aliphatic rings. The summed E-state index contributed by atoms with van der Waals surface area (Å²) in [5.74, 6) is -1.02. The molecule has 0 unspecified atom stereocenters. The number of hydrogen-bond acceptors (Lipinski definition) is 3. The number of carbonyl (C=O) groups is 1. The van der Waals surface area contributed by atoms with E-state index in [0.29, 0.717) is 0 Å². The van der Waals surface area contributed by atoms with E-state index in [1.54, 1.807) is 0 Å². The normalized spacial score (nSPS) is 11.3. The van der Waals surface area contributed by atoms with E-state index in [1.165, 1.54) is 7.11 Å². The van der Waals surface area contributed by atoms with Crippen LogP contribution in [0.1, 0.15) is 0 Å². The Labute approximate surface area is 61.1 Å². The lowest BCUT2D eigenvalue weighted by Crippen LogP contribution is -2.22. The number of esters is 1. The Morgan fingerprint density at radius 1 is 1.45 bits per heavy atom. The second kappa shape index (κ2) is 4.17. The number of methoxy groups -OCH3 is 1. The van der Waals surface area contributed by atoms with E-state index >= 15 is 0 Å². The van der Waals surface area contributed by atoms with Crippen LogP contribution in [0.4, 0.5) is 13.2 Å². The van der Waals surface area contributed by atoms with Gasteiger partial charge < -0.3 is 9.47 Å². The average Bonchev–Trinajstić information content (AvgIpc) is 1.83. The Morgan fingerprint density at radius 2 is 2.00 bits per heavy atom. The van der Waals surface area contributed by atoms with Crippen LogP contribution in [0.5, 0.6) is 0 Å². The summed E-state index contributed by atoms with van der Waals surface area (Å²) in [6, 6.07) is 0. The third-order valence-electron chi connectivity index (χ3n) is 0.659. The molecule has 0 aromatic carbocycles. The molecule has 6 heteroatoms. The highest BCUT2D eigenvalue weighted by atomic mass is 19.4. The number of rotatable bonds is 3. The molecule has 0 spiro atoms. The first-order valence-corrected chi connectivity index (χ1v) is 2.67. The van der Waals surface area contributed by atoms with Crippen molar-refractivity contribution in [1.29, 1.82) is 0 Å². The molecule has 0 aliphatic carbocycles. The van der Waals surface area contributed by atoms with Gasteiger partial charge in [-0.05, 0) is 0 Å². The van der Waals surface area contributed by atoms with E-state index in [2.05, 4.69) is 9.47 Å². The minimum absolute atomic E-state index is 0.462. The summed E-state index contributed by atoms with van der Waals surface area (Å²) in [6.45, 7) is -2.02. The zero-order valence-corrected chi connectivity index (χ0v) is 5.77. The average molecular weight is 172 g/mol. The highest BCUT2D eigenvalue weighted by Gasteiger charge is 2.29. The summed E-state index contributed by atoms with van der Waals surface area (Å²) in [6.07, 6.45) is -4.47. The standard InChI is InChI=1S/C5H7F3O3/c1-10-2-4(9)11-3-5(6,7)8/h2-3H2,1H3. The van der Waals surface area contributed by atoms with Crippen LogP contribution in [-0.2, 0) is 14.3 Å². The van der Waals surface area contributed by atoms with E-state index in [4.69, 9.17) is 0 Å². The van der Waals surface area contributed by atoms with Crippen molar-refractivity contribution >= 4 is 5.97 Å². The summed E-state index contributed by atoms with van der Waals surface area (Å²) in [5.41, 5.74) is 0. The smallest absolute Gasteiger partial charge is 0.422 e. The molecule has 0 saturated carbocycles. The molecule has 66 valence electrons. The molecule has 0 N–H and O–H groups in total. The van der Waals surface area contributed by atoms with Gasteiger partial charge in [0.1, 0.15) is 6.61 Å². The summed E-state index contributed by atoms with van der Waals surface area (Å²) >= 11 is 0. The van der Waals surface area contributed by atoms with Gasteiger partial charge in [0.2, 0.25) is 0 Å². The first-order valence-electron chi connectivity index (χ1n) is 2.67. The predicted molar refractivity (Wildman–Crippen MR) is 28.9 cm³/mol. The van der Waals surface area contributed by atoms with Crippen molar-refractivity contribution in [2.45, 2.75) is 6.18 Å². The van der Waals surface area contributed by atoms with Crippen LogP contribution in [0.3, 0.4) is 0 Å². The number of hydrogen-bond donors (Lipinski definition) is 0. The summed E-state index contributed by atoms with van der Waals surface area (Å²) in [7, 11) is 1.19. The summed E-state index contributed by atoms with van der Waals surface area (Å²) in [4.78, 5) is 10.2. The van der Waals surface area contributed by atoms with Crippen LogP contribution in [0, 0.1) is 0 Å². The van der Waals surface area contributed by atoms with E-state index in [-0.39, 0.29) is 0 Å². The molecule has 11 heavy (non-hydrogen) atoms. The van der Waals surface area contributed by atoms with Crippen molar-refractivity contribution < 1.29 is 27.4 Å². The molecule has 0 rings (SSSR count). The van der Waals surface area contributed by atoms with Crippen LogP contribution in [0.15, 0.2) is 0 Å². The quantitative estimate of drug-likeness (QED) is 0.589. The minimum Gasteiger partial charge on any atom is -0.454 e. The molecule has 0 aliphatic heterocycles. The van der Waals surface area contributed by atoms with Crippen molar-refractivity contribution in [3.05, 3.63) is 0 Å². The Bertz CT molecular complexity index is 131. The monoisotopic (exact) mass is 172 g/mol. The van der Waals surface area contributed by atoms with Crippen LogP contribution < -0.4 is 0 Å². The van der Waals surface area contributed by atoms with Gasteiger partial charge in [-0.1, -0.05) is 0 Å². The maximum Gasteiger partial charge on any atom is 0.422 e. The maximum absolute atomic E-state index is 11.3. The minimum atomic E-state index is -4.47. The Kier molecular flexibility index (Phi) is 3.88. The maximum atomic E-state index is 11.3. The summed E-state index contributed by atoms with van der Waals surface area (Å²) in [5, 5.41) is 0. The first-order chi connectivity index (χ1) is 4.95. The van der Waals surface area contributed by atoms with Gasteiger partial charge in [-0.3, -0.25) is 0 Å². The van der Waals surface area contributed by atoms with Gasteiger partial charge in [0, 0.05) is 7.11 Å². The van der Waals surface area contributed by atoms with Crippen molar-refractivity contribution in [2.75, 3.05) is 20.3 Å². The number of carbonyl (C=O) groups excluding carboxylic acids is 1. The largest absolute Gasteiger partial charge is 0.454 e. The van der Waals surface area contributed by atoms with Gasteiger partial charge in [0.05, 0.1) is 0 Å². The fraction of sp³-hybridized carbons (Fsp3) is 0.800. The van der Waals surface area contributed by atoms with Gasteiger partial charge in [0.15, 0.2) is 6.61 Å². The van der Waals surface area contributed by atoms with Gasteiger partial charge in [-0.15, -0.1) is 0 Å². The van der Waals surface area contributed by atoms with Crippen LogP contribution in [0.25, 0.3) is 0 Å². The fourth-order valence-electron chi connectivity index (χ4n) is 0.322. The van der Waals surface area contributed by atoms with Crippen LogP contribution >= 0.6 is 0 Å². The lowest BCUT2D eigenvalue weighted by molar-refractivity contribution is -0.188. The van der Waals surface area contributed by atoms with Gasteiger partial charge in [-0.2, -0.15) is 13.2 Å². The zero-order chi connectivity index (χ0) is 8.91. The van der Waals surface area contributed by atoms with Gasteiger partial charge >= 0.3 is 12.1 Å². The third-order valence-corrected chi connectivity index (χ3v) is 0.659. The van der Waals surface area contributed by atoms with Crippen LogP contribution in [-0.4, -0.2) is 32.5 Å². The van der Waals surface area contributed by atoms with Gasteiger partial charge in [-0.25, -0.2) is 4.79 Å². The lowest BCUT2D eigenvalue weighted by Gasteiger charge is -2.06. The van der Waals surface area contributed by atoms with E-state index in [0.717, 1.165) is 0 Å². The van der Waals surface area contributed by atoms with Crippen LogP contribution in [0.2, 0.25) is 0 Å². The first kappa shape index (κ1) is 10.2. The molecule has 0 bridgehead atoms. The highest BCUT2D eigenvalue weighted by molar-refractivity contribution is 5.70. The van der Waals surface area contributed by atoms with Gasteiger partial charge in [0.25, 0.3) is 0 Å². The Hall–Kier alpha value is -0.780. The second-order valence-electron chi connectivity index (χ2n) is 1.71. The molecule has 3 nitrogen and oxygen atoms in total. The molecule has 0 radical (unpaired) electrons. The summed E-state index contributed by atoms with van der Waals surface area (Å²) < 4.78 is 42.0. The molecular formula is C5H7F3O3. The van der Waals surface area contributed by atoms with Crippen molar-refractivity contribution in [3.63, 3.8) is 0 Å². The zero-order valence-electron chi connectivity index (χ0n) is 5.77. The SMILES string of the molecule is COCC(=O)OCC(F)(F)F. The molecular weight excluding hydrogens is 165 g/mol. The fourth-order valence-corrected chi connectivity index (χ4v) is 0.322. The number of halogens is 3. The second-order valence-corrected chi connectivity index (χ2v) is 1.71. The van der Waals surface area contributed by atoms with E-state index in [9.17, 15) is 18.0 Å². The van der Waals surface area contributed by atoms with Crippen molar-refractivity contribution in [3.8, 4) is 0 Å². The molecule has 0 aromatic heterocycles. The molecule has 0 amide bonds. The molecule has 0 fully saturated rings. The Morgan fingerprint density at radius 3 is 2.36 bits per heavy atom. The molecule has 0 aromatic rings. The predicted octanol–water partition coefficient (Wildman–Crippen LogP) is 0.738. The number of alkyl halides is 3. The number of ether oxygens (including phenoxy) is 2. The van der Waals surface area contributed by atoms with E-state index in [1.807, 2.05) is 0 Å². The van der Waals surface area contributed by atoms with Crippen molar-refractivity contribution in [1.82, 2.24) is 0 Å². The topological polar surface area (TPSA) is 35.5 Å². The Balaban J connectivity index is 3.46. The third kappa shape index (κ3) is 7.11. The molecule has 0 atom stereocenters. The lowest BCUT2D eigenvalue weighted by atomic mass is 10.7.